The zero-order valence-corrected chi connectivity index (χ0v) is 6.91. The van der Waals surface area contributed by atoms with Gasteiger partial charge in [0.05, 0.1) is 5.71 Å². The van der Waals surface area contributed by atoms with E-state index < -0.39 is 12.0 Å². The van der Waals surface area contributed by atoms with E-state index >= 15 is 0 Å². The molecule has 0 amide bonds. The fourth-order valence-corrected chi connectivity index (χ4v) is 1.25. The molecule has 0 fully saturated rings. The van der Waals surface area contributed by atoms with Gasteiger partial charge in [0.2, 0.25) is 0 Å². The molecule has 1 unspecified atom stereocenters. The van der Waals surface area contributed by atoms with Crippen LogP contribution < -0.4 is 11.5 Å². The standard InChI is InChI=1S/C5H8N4O2S/c6-3(4(10)11)2-1-12-5(7)9-8-2/h3H,1,6H2,(H2,7,9)(H,10,11). The van der Waals surface area contributed by atoms with Crippen LogP contribution in [0.4, 0.5) is 0 Å². The summed E-state index contributed by atoms with van der Waals surface area (Å²) in [4.78, 5) is 10.4. The molecule has 1 aliphatic rings. The normalized spacial score (nSPS) is 19.4. The second kappa shape index (κ2) is 3.55. The van der Waals surface area contributed by atoms with Gasteiger partial charge in [-0.2, -0.15) is 5.10 Å². The van der Waals surface area contributed by atoms with Crippen LogP contribution in [0.25, 0.3) is 0 Å². The number of carbonyl (C=O) groups is 1. The van der Waals surface area contributed by atoms with Crippen LogP contribution in [0.1, 0.15) is 0 Å². The zero-order chi connectivity index (χ0) is 9.14. The molecule has 0 spiro atoms. The third kappa shape index (κ3) is 1.95. The van der Waals surface area contributed by atoms with Crippen molar-refractivity contribution in [3.8, 4) is 0 Å². The topological polar surface area (TPSA) is 114 Å². The summed E-state index contributed by atoms with van der Waals surface area (Å²) in [7, 11) is 0. The third-order valence-corrected chi connectivity index (χ3v) is 2.09. The molecule has 0 saturated heterocycles. The fraction of sp³-hybridized carbons (Fsp3) is 0.400. The van der Waals surface area contributed by atoms with Crippen molar-refractivity contribution in [3.05, 3.63) is 0 Å². The quantitative estimate of drug-likeness (QED) is 0.504. The van der Waals surface area contributed by atoms with E-state index in [2.05, 4.69) is 10.2 Å². The number of rotatable bonds is 2. The van der Waals surface area contributed by atoms with Crippen LogP contribution in [-0.2, 0) is 4.79 Å². The SMILES string of the molecule is NC1=NN=C(C(N)C(=O)O)CS1. The smallest absolute Gasteiger partial charge is 0.326 e. The van der Waals surface area contributed by atoms with E-state index in [1.165, 1.54) is 11.8 Å². The fourth-order valence-electron chi connectivity index (χ4n) is 0.614. The number of aliphatic carboxylic acids is 1. The number of carboxylic acid groups (broad SMARTS) is 1. The predicted molar refractivity (Wildman–Crippen MR) is 47.1 cm³/mol. The summed E-state index contributed by atoms with van der Waals surface area (Å²) in [6.07, 6.45) is 0. The van der Waals surface area contributed by atoms with Gasteiger partial charge in [-0.1, -0.05) is 11.8 Å². The summed E-state index contributed by atoms with van der Waals surface area (Å²) in [5, 5.41) is 15.9. The van der Waals surface area contributed by atoms with Crippen molar-refractivity contribution in [1.29, 1.82) is 0 Å². The minimum absolute atomic E-state index is 0.330. The highest BCUT2D eigenvalue weighted by Crippen LogP contribution is 2.08. The predicted octanol–water partition coefficient (Wildman–Crippen LogP) is -1.18. The minimum atomic E-state index is -1.11. The van der Waals surface area contributed by atoms with Gasteiger partial charge in [-0.25, -0.2) is 0 Å². The Bertz CT molecular complexity index is 262. The maximum atomic E-state index is 10.4. The summed E-state index contributed by atoms with van der Waals surface area (Å²) in [5.74, 6) is -0.715. The van der Waals surface area contributed by atoms with E-state index in [0.29, 0.717) is 16.6 Å². The molecule has 0 aromatic rings. The molecule has 66 valence electrons. The Morgan fingerprint density at radius 3 is 2.75 bits per heavy atom. The molecule has 7 heteroatoms. The van der Waals surface area contributed by atoms with Gasteiger partial charge in [0.1, 0.15) is 6.04 Å². The van der Waals surface area contributed by atoms with Crippen molar-refractivity contribution in [2.75, 3.05) is 5.75 Å². The van der Waals surface area contributed by atoms with Gasteiger partial charge in [0, 0.05) is 5.75 Å². The molecule has 12 heavy (non-hydrogen) atoms. The molecule has 1 heterocycles. The minimum Gasteiger partial charge on any atom is -0.480 e. The second-order valence-corrected chi connectivity index (χ2v) is 3.13. The van der Waals surface area contributed by atoms with Crippen molar-refractivity contribution in [2.45, 2.75) is 6.04 Å². The Labute approximate surface area is 72.7 Å². The molecule has 0 aromatic carbocycles. The lowest BCUT2D eigenvalue weighted by Gasteiger charge is -2.11. The van der Waals surface area contributed by atoms with Crippen LogP contribution >= 0.6 is 11.8 Å². The average molecular weight is 188 g/mol. The van der Waals surface area contributed by atoms with Gasteiger partial charge in [0.15, 0.2) is 5.17 Å². The molecule has 0 saturated carbocycles. The molecule has 0 bridgehead atoms. The van der Waals surface area contributed by atoms with Gasteiger partial charge < -0.3 is 16.6 Å². The van der Waals surface area contributed by atoms with E-state index in [9.17, 15) is 4.79 Å². The van der Waals surface area contributed by atoms with E-state index in [1.54, 1.807) is 0 Å². The number of hydrogen-bond acceptors (Lipinski definition) is 6. The largest absolute Gasteiger partial charge is 0.480 e. The lowest BCUT2D eigenvalue weighted by Crippen LogP contribution is -2.40. The first-order chi connectivity index (χ1) is 5.61. The third-order valence-electron chi connectivity index (χ3n) is 1.27. The number of nitrogens with two attached hydrogens (primary N) is 2. The molecule has 1 atom stereocenters. The van der Waals surface area contributed by atoms with Crippen LogP contribution in [0.15, 0.2) is 10.2 Å². The van der Waals surface area contributed by atoms with E-state index in [1.807, 2.05) is 0 Å². The monoisotopic (exact) mass is 188 g/mol. The maximum Gasteiger partial charge on any atom is 0.326 e. The highest BCUT2D eigenvalue weighted by atomic mass is 32.2. The molecule has 0 aromatic heterocycles. The summed E-state index contributed by atoms with van der Waals surface area (Å²) in [6.45, 7) is 0. The van der Waals surface area contributed by atoms with Crippen molar-refractivity contribution in [1.82, 2.24) is 0 Å². The first-order valence-electron chi connectivity index (χ1n) is 3.12. The van der Waals surface area contributed by atoms with Crippen molar-refractivity contribution >= 4 is 28.6 Å². The Hall–Kier alpha value is -1.08. The van der Waals surface area contributed by atoms with Crippen molar-refractivity contribution < 1.29 is 9.90 Å². The molecule has 6 nitrogen and oxygen atoms in total. The average Bonchev–Trinajstić information content (AvgIpc) is 2.04. The van der Waals surface area contributed by atoms with E-state index in [4.69, 9.17) is 16.6 Å². The summed E-state index contributed by atoms with van der Waals surface area (Å²) in [6, 6.07) is -1.07. The molecule has 1 rings (SSSR count). The highest BCUT2D eigenvalue weighted by Gasteiger charge is 2.21. The van der Waals surface area contributed by atoms with E-state index in [0.717, 1.165) is 0 Å². The number of thioether (sulfide) groups is 1. The Balaban J connectivity index is 2.71. The lowest BCUT2D eigenvalue weighted by molar-refractivity contribution is -0.136. The van der Waals surface area contributed by atoms with E-state index in [-0.39, 0.29) is 0 Å². The number of carboxylic acids is 1. The first-order valence-corrected chi connectivity index (χ1v) is 4.11. The zero-order valence-electron chi connectivity index (χ0n) is 6.10. The molecule has 5 N–H and O–H groups in total. The van der Waals surface area contributed by atoms with Crippen LogP contribution in [0.3, 0.4) is 0 Å². The molecule has 0 aliphatic carbocycles. The second-order valence-electron chi connectivity index (χ2n) is 2.13. The summed E-state index contributed by atoms with van der Waals surface area (Å²) in [5.41, 5.74) is 10.9. The van der Waals surface area contributed by atoms with Crippen molar-refractivity contribution in [3.63, 3.8) is 0 Å². The molecule has 0 radical (unpaired) electrons. The van der Waals surface area contributed by atoms with Gasteiger partial charge >= 0.3 is 5.97 Å². The van der Waals surface area contributed by atoms with Crippen molar-refractivity contribution in [2.24, 2.45) is 21.7 Å². The number of amidine groups is 1. The van der Waals surface area contributed by atoms with Gasteiger partial charge in [-0.15, -0.1) is 5.10 Å². The number of nitrogens with zero attached hydrogens (tertiary/aromatic N) is 2. The van der Waals surface area contributed by atoms with Crippen LogP contribution in [0.5, 0.6) is 0 Å². The van der Waals surface area contributed by atoms with Gasteiger partial charge in [-0.3, -0.25) is 4.79 Å². The summed E-state index contributed by atoms with van der Waals surface area (Å²) < 4.78 is 0. The Morgan fingerprint density at radius 1 is 1.67 bits per heavy atom. The van der Waals surface area contributed by atoms with Crippen LogP contribution in [0.2, 0.25) is 0 Å². The maximum absolute atomic E-state index is 10.4. The summed E-state index contributed by atoms with van der Waals surface area (Å²) >= 11 is 1.23. The molecular formula is C5H8N4O2S. The molecule has 1 aliphatic heterocycles. The Kier molecular flexibility index (Phi) is 2.66. The molecular weight excluding hydrogens is 180 g/mol. The lowest BCUT2D eigenvalue weighted by atomic mass is 10.2. The van der Waals surface area contributed by atoms with Gasteiger partial charge in [0.25, 0.3) is 0 Å². The number of hydrogen-bond donors (Lipinski definition) is 3. The first kappa shape index (κ1) is 9.01. The van der Waals surface area contributed by atoms with Crippen LogP contribution in [-0.4, -0.2) is 33.7 Å². The highest BCUT2D eigenvalue weighted by molar-refractivity contribution is 8.14. The van der Waals surface area contributed by atoms with Gasteiger partial charge in [-0.05, 0) is 0 Å². The van der Waals surface area contributed by atoms with Crippen LogP contribution in [0, 0.1) is 0 Å². The Morgan fingerprint density at radius 2 is 2.33 bits per heavy atom.